The highest BCUT2D eigenvalue weighted by Crippen LogP contribution is 2.48. The van der Waals surface area contributed by atoms with Gasteiger partial charge in [-0.1, -0.05) is 46.4 Å². The van der Waals surface area contributed by atoms with E-state index in [1.54, 1.807) is 0 Å². The lowest BCUT2D eigenvalue weighted by Gasteiger charge is -2.41. The van der Waals surface area contributed by atoms with Crippen LogP contribution in [0.1, 0.15) is 32.0 Å². The van der Waals surface area contributed by atoms with Crippen LogP contribution in [-0.4, -0.2) is 46.7 Å². The molecule has 0 saturated carbocycles. The normalized spacial score (nSPS) is 13.8. The minimum atomic E-state index is -6.81. The third-order valence-corrected chi connectivity index (χ3v) is 7.67. The highest BCUT2D eigenvalue weighted by Gasteiger charge is 2.76. The number of hydrogen-bond donors (Lipinski definition) is 2. The number of rotatable bonds is 6. The Balaban J connectivity index is 2.55. The number of aromatic nitrogens is 1. The monoisotopic (exact) mass is 796 g/mol. The third-order valence-electron chi connectivity index (χ3n) is 6.57. The summed E-state index contributed by atoms with van der Waals surface area (Å²) in [6, 6.07) is 4.88. The summed E-state index contributed by atoms with van der Waals surface area (Å²) in [7, 11) is 0. The van der Waals surface area contributed by atoms with Gasteiger partial charge < -0.3 is 10.6 Å². The number of pyridine rings is 1. The second kappa shape index (κ2) is 13.4. The van der Waals surface area contributed by atoms with Gasteiger partial charge >= 0.3 is 36.0 Å². The Bertz CT molecular complexity index is 1820. The van der Waals surface area contributed by atoms with Crippen molar-refractivity contribution in [1.82, 2.24) is 15.2 Å². The first kappa shape index (κ1) is 40.1. The van der Waals surface area contributed by atoms with E-state index in [4.69, 9.17) is 46.4 Å². The van der Waals surface area contributed by atoms with Crippen LogP contribution in [0.25, 0.3) is 0 Å². The molecule has 0 aliphatic carbocycles. The molecule has 0 saturated heterocycles. The van der Waals surface area contributed by atoms with Gasteiger partial charge in [0, 0.05) is 15.7 Å². The molecule has 0 fully saturated rings. The van der Waals surface area contributed by atoms with E-state index in [1.807, 2.05) is 0 Å². The summed E-state index contributed by atoms with van der Waals surface area (Å²) in [6.07, 6.45) is -27.2. The molecule has 0 radical (unpaired) electrons. The van der Waals surface area contributed by atoms with Crippen molar-refractivity contribution in [2.75, 3.05) is 0 Å². The first-order valence-electron chi connectivity index (χ1n) is 12.7. The Morgan fingerprint density at radius 1 is 0.612 bits per heavy atom. The standard InChI is InChI=1S/C27H16Cl4F12N4O2/c1-11-7-12(2)47(23(26(38,39)40,27(41,42)43)46-21(49)16-6-4-14(29)10-18(16)31)19(8-11)44-22(24(32,33)34,25(35,36)37)45-20(48)15-5-3-13(28)9-17(15)30/h3-10H,1-2H3,(H,45,48)(H,46,49)/b44-19+. The summed E-state index contributed by atoms with van der Waals surface area (Å²) < 4.78 is 176. The lowest BCUT2D eigenvalue weighted by atomic mass is 10.0. The number of nitrogens with zero attached hydrogens (tertiary/aromatic N) is 2. The molecule has 2 amide bonds. The molecule has 1 heterocycles. The zero-order valence-electron chi connectivity index (χ0n) is 23.9. The Morgan fingerprint density at radius 2 is 1.02 bits per heavy atom. The van der Waals surface area contributed by atoms with E-state index in [0.29, 0.717) is 35.8 Å². The van der Waals surface area contributed by atoms with Crippen molar-refractivity contribution in [3.05, 3.63) is 96.5 Å². The number of hydrogen-bond acceptors (Lipinski definition) is 3. The summed E-state index contributed by atoms with van der Waals surface area (Å²) in [4.78, 5) is 28.2. The molecule has 268 valence electrons. The first-order chi connectivity index (χ1) is 22.1. The molecule has 2 N–H and O–H groups in total. The van der Waals surface area contributed by atoms with Gasteiger partial charge in [-0.2, -0.15) is 52.7 Å². The molecular formula is C27H16Cl4F12N4O2. The Morgan fingerprint density at radius 3 is 1.39 bits per heavy atom. The summed E-state index contributed by atoms with van der Waals surface area (Å²) >= 11 is 22.8. The van der Waals surface area contributed by atoms with Gasteiger partial charge in [0.05, 0.1) is 21.2 Å². The summed E-state index contributed by atoms with van der Waals surface area (Å²) in [6.45, 7) is 1.34. The quantitative estimate of drug-likeness (QED) is 0.245. The van der Waals surface area contributed by atoms with E-state index in [2.05, 4.69) is 4.99 Å². The smallest absolute Gasteiger partial charge is 0.314 e. The molecule has 0 bridgehead atoms. The fourth-order valence-corrected chi connectivity index (χ4v) is 5.44. The average Bonchev–Trinajstić information content (AvgIpc) is 2.88. The van der Waals surface area contributed by atoms with Crippen molar-refractivity contribution in [2.24, 2.45) is 4.99 Å². The molecule has 0 unspecified atom stereocenters. The molecular weight excluding hydrogens is 782 g/mol. The molecule has 49 heavy (non-hydrogen) atoms. The average molecular weight is 798 g/mol. The van der Waals surface area contributed by atoms with E-state index < -0.39 is 90.3 Å². The topological polar surface area (TPSA) is 75.5 Å². The summed E-state index contributed by atoms with van der Waals surface area (Å²) in [5.41, 5.74) is -18.0. The number of benzene rings is 2. The molecule has 0 spiro atoms. The molecule has 2 aromatic carbocycles. The van der Waals surface area contributed by atoms with Gasteiger partial charge in [-0.15, -0.1) is 0 Å². The van der Waals surface area contributed by atoms with Crippen LogP contribution in [0.5, 0.6) is 0 Å². The van der Waals surface area contributed by atoms with Crippen LogP contribution in [0.2, 0.25) is 20.1 Å². The minimum absolute atomic E-state index is 0.00824. The Hall–Kier alpha value is -3.35. The zero-order valence-corrected chi connectivity index (χ0v) is 26.9. The van der Waals surface area contributed by atoms with Crippen molar-refractivity contribution in [3.8, 4) is 0 Å². The van der Waals surface area contributed by atoms with Crippen molar-refractivity contribution in [1.29, 1.82) is 0 Å². The molecule has 0 atom stereocenters. The van der Waals surface area contributed by atoms with Crippen LogP contribution in [0, 0.1) is 13.8 Å². The van der Waals surface area contributed by atoms with Gasteiger partial charge in [-0.25, -0.2) is 4.99 Å². The maximum absolute atomic E-state index is 14.9. The number of carbonyl (C=O) groups excluding carboxylic acids is 2. The third kappa shape index (κ3) is 7.56. The first-order valence-corrected chi connectivity index (χ1v) is 14.2. The SMILES string of the molecule is Cc1cc(C)n(C(NC(=O)c2ccc(Cl)cc2Cl)(C(F)(F)F)C(F)(F)F)/c(=N/C(NC(=O)c2ccc(Cl)cc2Cl)(C(F)(F)F)C(F)(F)F)c1. The van der Waals surface area contributed by atoms with Crippen LogP contribution in [-0.2, 0) is 5.66 Å². The molecule has 0 aliphatic rings. The van der Waals surface area contributed by atoms with E-state index in [0.717, 1.165) is 31.2 Å². The van der Waals surface area contributed by atoms with Crippen LogP contribution >= 0.6 is 46.4 Å². The Kier molecular flexibility index (Phi) is 11.0. The predicted molar refractivity (Wildman–Crippen MR) is 152 cm³/mol. The van der Waals surface area contributed by atoms with Crippen molar-refractivity contribution < 1.29 is 62.3 Å². The van der Waals surface area contributed by atoms with E-state index in [-0.39, 0.29) is 16.1 Å². The maximum Gasteiger partial charge on any atom is 0.441 e. The molecule has 22 heteroatoms. The van der Waals surface area contributed by atoms with E-state index >= 15 is 0 Å². The predicted octanol–water partition coefficient (Wildman–Crippen LogP) is 9.08. The van der Waals surface area contributed by atoms with Crippen molar-refractivity contribution >= 4 is 58.2 Å². The van der Waals surface area contributed by atoms with Crippen LogP contribution in [0.15, 0.2) is 53.5 Å². The van der Waals surface area contributed by atoms with E-state index in [1.165, 1.54) is 0 Å². The number of nitrogens with one attached hydrogen (secondary N) is 2. The maximum atomic E-state index is 14.9. The second-order valence-electron chi connectivity index (χ2n) is 10.0. The number of halogens is 16. The van der Waals surface area contributed by atoms with Gasteiger partial charge in [0.2, 0.25) is 0 Å². The highest BCUT2D eigenvalue weighted by atomic mass is 35.5. The van der Waals surface area contributed by atoms with Crippen LogP contribution < -0.4 is 16.1 Å². The lowest BCUT2D eigenvalue weighted by Crippen LogP contribution is -2.72. The van der Waals surface area contributed by atoms with E-state index in [9.17, 15) is 62.3 Å². The lowest BCUT2D eigenvalue weighted by molar-refractivity contribution is -0.338. The zero-order chi connectivity index (χ0) is 37.7. The largest absolute Gasteiger partial charge is 0.441 e. The summed E-state index contributed by atoms with van der Waals surface area (Å²) in [5.74, 6) is -4.50. The second-order valence-corrected chi connectivity index (χ2v) is 11.7. The Labute approximate surface area is 286 Å². The van der Waals surface area contributed by atoms with Crippen LogP contribution in [0.4, 0.5) is 52.7 Å². The van der Waals surface area contributed by atoms with Gasteiger partial charge in [0.15, 0.2) is 0 Å². The number of aryl methyl sites for hydroxylation is 2. The minimum Gasteiger partial charge on any atom is -0.314 e. The number of alkyl halides is 12. The fraction of sp³-hybridized carbons (Fsp3) is 0.296. The molecule has 3 aromatic rings. The number of amides is 2. The van der Waals surface area contributed by atoms with Gasteiger partial charge in [-0.05, 0) is 67.9 Å². The molecule has 0 aliphatic heterocycles. The molecule has 6 nitrogen and oxygen atoms in total. The molecule has 3 rings (SSSR count). The number of carbonyl (C=O) groups is 2. The highest BCUT2D eigenvalue weighted by molar-refractivity contribution is 6.37. The van der Waals surface area contributed by atoms with Gasteiger partial charge in [0.1, 0.15) is 5.49 Å². The summed E-state index contributed by atoms with van der Waals surface area (Å²) in [5, 5.41) is -0.830. The molecule has 1 aromatic heterocycles. The van der Waals surface area contributed by atoms with Crippen molar-refractivity contribution in [3.63, 3.8) is 0 Å². The van der Waals surface area contributed by atoms with Gasteiger partial charge in [0.25, 0.3) is 11.8 Å². The van der Waals surface area contributed by atoms with Gasteiger partial charge in [-0.3, -0.25) is 14.2 Å². The van der Waals surface area contributed by atoms with Crippen molar-refractivity contribution in [2.45, 2.75) is 49.9 Å². The fourth-order valence-electron chi connectivity index (χ4n) is 4.45. The van der Waals surface area contributed by atoms with Crippen LogP contribution in [0.3, 0.4) is 0 Å².